The maximum absolute atomic E-state index is 9.59. The molecule has 0 saturated heterocycles. The highest BCUT2D eigenvalue weighted by atomic mass is 79.9. The summed E-state index contributed by atoms with van der Waals surface area (Å²) in [5.74, 6) is 0. The van der Waals surface area contributed by atoms with Crippen molar-refractivity contribution in [1.82, 2.24) is 4.98 Å². The van der Waals surface area contributed by atoms with Crippen molar-refractivity contribution in [3.8, 4) is 0 Å². The molecule has 0 bridgehead atoms. The van der Waals surface area contributed by atoms with E-state index in [9.17, 15) is 5.11 Å². The number of aliphatic hydroxyl groups excluding tert-OH is 1. The minimum Gasteiger partial charge on any atom is -0.386 e. The van der Waals surface area contributed by atoms with Gasteiger partial charge in [0.2, 0.25) is 0 Å². The average molecular weight is 250 g/mol. The highest BCUT2D eigenvalue weighted by molar-refractivity contribution is 9.10. The summed E-state index contributed by atoms with van der Waals surface area (Å²) in [6.45, 7) is 2.12. The summed E-state index contributed by atoms with van der Waals surface area (Å²) >= 11 is 4.76. The molecule has 0 aliphatic carbocycles. The number of hydrogen-bond acceptors (Lipinski definition) is 3. The second-order valence-electron chi connectivity index (χ2n) is 2.67. The van der Waals surface area contributed by atoms with Crippen molar-refractivity contribution in [3.05, 3.63) is 15.0 Å². The Hall–Kier alpha value is 0.0700. The first kappa shape index (κ1) is 10.2. The molecule has 0 aliphatic rings. The molecule has 2 nitrogen and oxygen atoms in total. The van der Waals surface area contributed by atoms with E-state index in [0.717, 1.165) is 28.9 Å². The summed E-state index contributed by atoms with van der Waals surface area (Å²) < 4.78 is 0.818. The van der Waals surface area contributed by atoms with Crippen LogP contribution in [0.5, 0.6) is 0 Å². The number of aliphatic hydroxyl groups is 1. The minimum atomic E-state index is -0.374. The fraction of sp³-hybridized carbons (Fsp3) is 0.625. The number of rotatable bonds is 4. The lowest BCUT2D eigenvalue weighted by atomic mass is 10.2. The van der Waals surface area contributed by atoms with Crippen LogP contribution in [0.4, 0.5) is 0 Å². The molecule has 0 fully saturated rings. The van der Waals surface area contributed by atoms with Crippen LogP contribution in [0, 0.1) is 0 Å². The Morgan fingerprint density at radius 2 is 2.50 bits per heavy atom. The maximum atomic E-state index is 9.59. The predicted molar refractivity (Wildman–Crippen MR) is 54.3 cm³/mol. The van der Waals surface area contributed by atoms with Crippen LogP contribution in [-0.4, -0.2) is 10.1 Å². The van der Waals surface area contributed by atoms with Gasteiger partial charge >= 0.3 is 0 Å². The quantitative estimate of drug-likeness (QED) is 0.890. The second-order valence-corrected chi connectivity index (χ2v) is 4.37. The topological polar surface area (TPSA) is 33.1 Å². The van der Waals surface area contributed by atoms with Gasteiger partial charge in [0.25, 0.3) is 0 Å². The van der Waals surface area contributed by atoms with E-state index in [1.165, 1.54) is 11.3 Å². The van der Waals surface area contributed by atoms with Crippen LogP contribution >= 0.6 is 27.3 Å². The number of thiazole rings is 1. The molecule has 12 heavy (non-hydrogen) atoms. The zero-order valence-electron chi connectivity index (χ0n) is 6.96. The van der Waals surface area contributed by atoms with Crippen LogP contribution < -0.4 is 0 Å². The van der Waals surface area contributed by atoms with Crippen molar-refractivity contribution in [2.24, 2.45) is 0 Å². The molecule has 0 amide bonds. The van der Waals surface area contributed by atoms with Gasteiger partial charge < -0.3 is 5.11 Å². The Morgan fingerprint density at radius 3 is 3.00 bits per heavy atom. The zero-order chi connectivity index (χ0) is 8.97. The normalized spacial score (nSPS) is 13.2. The van der Waals surface area contributed by atoms with Crippen molar-refractivity contribution in [2.75, 3.05) is 0 Å². The third-order valence-electron chi connectivity index (χ3n) is 1.61. The standard InChI is InChI=1S/C8H12BrNOS/c1-2-3-4-6(11)8-10-7(9)5-12-8/h5-6,11H,2-4H2,1H3. The van der Waals surface area contributed by atoms with Crippen molar-refractivity contribution < 1.29 is 5.11 Å². The molecule has 0 radical (unpaired) electrons. The van der Waals surface area contributed by atoms with Crippen molar-refractivity contribution in [3.63, 3.8) is 0 Å². The number of nitrogens with zero attached hydrogens (tertiary/aromatic N) is 1. The molecule has 0 aliphatic heterocycles. The molecule has 1 aromatic rings. The van der Waals surface area contributed by atoms with Gasteiger partial charge in [-0.25, -0.2) is 4.98 Å². The average Bonchev–Trinajstić information content (AvgIpc) is 2.47. The summed E-state index contributed by atoms with van der Waals surface area (Å²) in [5.41, 5.74) is 0. The fourth-order valence-corrected chi connectivity index (χ4v) is 2.23. The molecular weight excluding hydrogens is 238 g/mol. The van der Waals surface area contributed by atoms with Gasteiger partial charge in [0.05, 0.1) is 0 Å². The van der Waals surface area contributed by atoms with Crippen molar-refractivity contribution in [1.29, 1.82) is 0 Å². The van der Waals surface area contributed by atoms with Crippen LogP contribution in [0.1, 0.15) is 37.3 Å². The van der Waals surface area contributed by atoms with Gasteiger partial charge in [-0.2, -0.15) is 0 Å². The molecule has 0 saturated carbocycles. The van der Waals surface area contributed by atoms with Crippen LogP contribution in [0.15, 0.2) is 9.98 Å². The first-order valence-electron chi connectivity index (χ1n) is 4.03. The Kier molecular flexibility index (Phi) is 4.18. The van der Waals surface area contributed by atoms with Gasteiger partial charge in [0.15, 0.2) is 0 Å². The third kappa shape index (κ3) is 2.84. The molecule has 1 unspecified atom stereocenters. The van der Waals surface area contributed by atoms with Gasteiger partial charge in [0.1, 0.15) is 15.7 Å². The predicted octanol–water partition coefficient (Wildman–Crippen LogP) is 3.13. The van der Waals surface area contributed by atoms with Gasteiger partial charge in [-0.05, 0) is 22.4 Å². The van der Waals surface area contributed by atoms with Crippen molar-refractivity contribution >= 4 is 27.3 Å². The molecule has 1 atom stereocenters. The molecule has 0 aromatic carbocycles. The number of halogens is 1. The highest BCUT2D eigenvalue weighted by Gasteiger charge is 2.10. The Labute approximate surface area is 84.8 Å². The van der Waals surface area contributed by atoms with Gasteiger partial charge in [0, 0.05) is 5.38 Å². The molecule has 1 N–H and O–H groups in total. The lowest BCUT2D eigenvalue weighted by Gasteiger charge is -2.04. The molecule has 1 heterocycles. The molecule has 4 heteroatoms. The fourth-order valence-electron chi connectivity index (χ4n) is 0.941. The lowest BCUT2D eigenvalue weighted by molar-refractivity contribution is 0.163. The highest BCUT2D eigenvalue weighted by Crippen LogP contribution is 2.24. The van der Waals surface area contributed by atoms with Gasteiger partial charge in [-0.15, -0.1) is 11.3 Å². The first-order chi connectivity index (χ1) is 5.74. The Bertz CT molecular complexity index is 239. The maximum Gasteiger partial charge on any atom is 0.123 e. The van der Waals surface area contributed by atoms with E-state index < -0.39 is 0 Å². The van der Waals surface area contributed by atoms with E-state index in [2.05, 4.69) is 27.8 Å². The van der Waals surface area contributed by atoms with E-state index in [-0.39, 0.29) is 6.10 Å². The van der Waals surface area contributed by atoms with E-state index in [1.807, 2.05) is 5.38 Å². The van der Waals surface area contributed by atoms with Gasteiger partial charge in [-0.1, -0.05) is 19.8 Å². The third-order valence-corrected chi connectivity index (χ3v) is 3.27. The van der Waals surface area contributed by atoms with Crippen LogP contribution in [0.3, 0.4) is 0 Å². The second kappa shape index (κ2) is 4.94. The van der Waals surface area contributed by atoms with Crippen LogP contribution in [0.25, 0.3) is 0 Å². The smallest absolute Gasteiger partial charge is 0.123 e. The number of hydrogen-bond donors (Lipinski definition) is 1. The lowest BCUT2D eigenvalue weighted by Crippen LogP contribution is -1.95. The monoisotopic (exact) mass is 249 g/mol. The largest absolute Gasteiger partial charge is 0.386 e. The summed E-state index contributed by atoms with van der Waals surface area (Å²) in [6, 6.07) is 0. The summed E-state index contributed by atoms with van der Waals surface area (Å²) in [7, 11) is 0. The molecular formula is C8H12BrNOS. The van der Waals surface area contributed by atoms with Crippen molar-refractivity contribution in [2.45, 2.75) is 32.3 Å². The van der Waals surface area contributed by atoms with E-state index in [0.29, 0.717) is 0 Å². The SMILES string of the molecule is CCCCC(O)c1nc(Br)cs1. The number of aromatic nitrogens is 1. The van der Waals surface area contributed by atoms with Crippen LogP contribution in [0.2, 0.25) is 0 Å². The summed E-state index contributed by atoms with van der Waals surface area (Å²) in [4.78, 5) is 4.15. The molecule has 68 valence electrons. The van der Waals surface area contributed by atoms with Gasteiger partial charge in [-0.3, -0.25) is 0 Å². The Balaban J connectivity index is 2.47. The molecule has 1 rings (SSSR count). The van der Waals surface area contributed by atoms with E-state index >= 15 is 0 Å². The summed E-state index contributed by atoms with van der Waals surface area (Å²) in [6.07, 6.45) is 2.61. The molecule has 0 spiro atoms. The zero-order valence-corrected chi connectivity index (χ0v) is 9.36. The first-order valence-corrected chi connectivity index (χ1v) is 5.70. The minimum absolute atomic E-state index is 0.374. The molecule has 1 aromatic heterocycles. The summed E-state index contributed by atoms with van der Waals surface area (Å²) in [5, 5.41) is 12.3. The Morgan fingerprint density at radius 1 is 1.75 bits per heavy atom. The van der Waals surface area contributed by atoms with E-state index in [4.69, 9.17) is 0 Å². The van der Waals surface area contributed by atoms with Crippen LogP contribution in [-0.2, 0) is 0 Å². The van der Waals surface area contributed by atoms with E-state index in [1.54, 1.807) is 0 Å². The number of unbranched alkanes of at least 4 members (excludes halogenated alkanes) is 1.